The molecule has 2 aromatic rings. The highest BCUT2D eigenvalue weighted by Gasteiger charge is 2.58. The second-order valence-electron chi connectivity index (χ2n) is 8.03. The summed E-state index contributed by atoms with van der Waals surface area (Å²) in [6, 6.07) is 6.02. The second kappa shape index (κ2) is 7.17. The summed E-state index contributed by atoms with van der Waals surface area (Å²) in [4.78, 5) is 16.8. The van der Waals surface area contributed by atoms with Crippen molar-refractivity contribution in [3.8, 4) is 0 Å². The highest BCUT2D eigenvalue weighted by molar-refractivity contribution is 7.88. The zero-order valence-electron chi connectivity index (χ0n) is 16.3. The first-order chi connectivity index (χ1) is 13.7. The molecule has 2 fully saturated rings. The zero-order chi connectivity index (χ0) is 20.8. The van der Waals surface area contributed by atoms with E-state index in [4.69, 9.17) is 4.52 Å². The number of hydrogen-bond donors (Lipinski definition) is 1. The molecular weight excluding hydrogens is 399 g/mol. The molecule has 1 aromatic carbocycles. The molecule has 1 saturated heterocycles. The monoisotopic (exact) mass is 422 g/mol. The van der Waals surface area contributed by atoms with Gasteiger partial charge < -0.3 is 9.84 Å². The molecule has 1 saturated carbocycles. The SMILES string of the molecule is Cc1noc([C@]23C[C@H](NC(=O)Cc4ccccc4F)C[C@H]2CN(S(C)(=O)=O)C3)n1. The topological polar surface area (TPSA) is 105 Å². The number of hydrogen-bond acceptors (Lipinski definition) is 6. The molecule has 4 rings (SSSR count). The van der Waals surface area contributed by atoms with E-state index in [1.54, 1.807) is 25.1 Å². The van der Waals surface area contributed by atoms with Crippen LogP contribution in [0.1, 0.15) is 30.1 Å². The first-order valence-corrected chi connectivity index (χ1v) is 11.3. The highest BCUT2D eigenvalue weighted by Crippen LogP contribution is 2.50. The Balaban J connectivity index is 1.52. The number of carbonyl (C=O) groups excluding carboxylic acids is 1. The van der Waals surface area contributed by atoms with E-state index in [9.17, 15) is 17.6 Å². The van der Waals surface area contributed by atoms with Gasteiger partial charge in [0.05, 0.1) is 18.1 Å². The molecule has 1 aromatic heterocycles. The molecule has 0 radical (unpaired) electrons. The molecule has 156 valence electrons. The van der Waals surface area contributed by atoms with Crippen molar-refractivity contribution in [1.82, 2.24) is 19.8 Å². The molecule has 3 atom stereocenters. The normalized spacial score (nSPS) is 27.1. The van der Waals surface area contributed by atoms with Crippen LogP contribution in [-0.4, -0.2) is 54.2 Å². The number of benzene rings is 1. The predicted octanol–water partition coefficient (Wildman–Crippen LogP) is 1.17. The summed E-state index contributed by atoms with van der Waals surface area (Å²) in [5, 5.41) is 6.85. The van der Waals surface area contributed by atoms with Crippen molar-refractivity contribution in [3.63, 3.8) is 0 Å². The van der Waals surface area contributed by atoms with Gasteiger partial charge in [0.1, 0.15) is 5.82 Å². The summed E-state index contributed by atoms with van der Waals surface area (Å²) in [5.74, 6) is 0.176. The molecule has 0 spiro atoms. The molecule has 0 bridgehead atoms. The molecule has 2 heterocycles. The fraction of sp³-hybridized carbons (Fsp3) is 0.526. The fourth-order valence-corrected chi connectivity index (χ4v) is 5.53. The van der Waals surface area contributed by atoms with Gasteiger partial charge in [0.2, 0.25) is 21.8 Å². The van der Waals surface area contributed by atoms with Crippen LogP contribution in [-0.2, 0) is 26.7 Å². The van der Waals surface area contributed by atoms with Crippen LogP contribution in [0.3, 0.4) is 0 Å². The van der Waals surface area contributed by atoms with E-state index in [0.29, 0.717) is 36.7 Å². The van der Waals surface area contributed by atoms with Crippen molar-refractivity contribution in [1.29, 1.82) is 0 Å². The minimum atomic E-state index is -3.36. The van der Waals surface area contributed by atoms with Gasteiger partial charge in [0.15, 0.2) is 5.82 Å². The van der Waals surface area contributed by atoms with Gasteiger partial charge in [-0.05, 0) is 37.3 Å². The van der Waals surface area contributed by atoms with E-state index in [-0.39, 0.29) is 30.8 Å². The molecular formula is C19H23FN4O4S. The first-order valence-electron chi connectivity index (χ1n) is 9.46. The molecule has 1 N–H and O–H groups in total. The Hall–Kier alpha value is -2.33. The van der Waals surface area contributed by atoms with Gasteiger partial charge >= 0.3 is 0 Å². The Bertz CT molecular complexity index is 1040. The maximum absolute atomic E-state index is 13.8. The smallest absolute Gasteiger partial charge is 0.234 e. The quantitative estimate of drug-likeness (QED) is 0.775. The lowest BCUT2D eigenvalue weighted by atomic mass is 9.80. The van der Waals surface area contributed by atoms with Crippen LogP contribution in [0, 0.1) is 18.7 Å². The van der Waals surface area contributed by atoms with Crippen molar-refractivity contribution < 1.29 is 22.1 Å². The zero-order valence-corrected chi connectivity index (χ0v) is 17.1. The van der Waals surface area contributed by atoms with Crippen molar-refractivity contribution >= 4 is 15.9 Å². The Morgan fingerprint density at radius 3 is 2.83 bits per heavy atom. The van der Waals surface area contributed by atoms with E-state index >= 15 is 0 Å². The van der Waals surface area contributed by atoms with E-state index in [1.807, 2.05) is 0 Å². The molecule has 29 heavy (non-hydrogen) atoms. The Labute approximate surface area is 168 Å². The first kappa shape index (κ1) is 20.0. The van der Waals surface area contributed by atoms with Crippen molar-refractivity contribution in [2.24, 2.45) is 5.92 Å². The average molecular weight is 422 g/mol. The van der Waals surface area contributed by atoms with Gasteiger partial charge in [-0.25, -0.2) is 17.1 Å². The average Bonchev–Trinajstić information content (AvgIpc) is 3.29. The number of nitrogens with one attached hydrogen (secondary N) is 1. The summed E-state index contributed by atoms with van der Waals surface area (Å²) >= 11 is 0. The van der Waals surface area contributed by atoms with Gasteiger partial charge in [-0.15, -0.1) is 0 Å². The summed E-state index contributed by atoms with van der Waals surface area (Å²) < 4.78 is 44.9. The minimum Gasteiger partial charge on any atom is -0.353 e. The van der Waals surface area contributed by atoms with Crippen LogP contribution in [0.5, 0.6) is 0 Å². The van der Waals surface area contributed by atoms with Gasteiger partial charge in [0.25, 0.3) is 0 Å². The van der Waals surface area contributed by atoms with Gasteiger partial charge in [-0.1, -0.05) is 23.4 Å². The Kier molecular flexibility index (Phi) is 4.94. The molecule has 8 nitrogen and oxygen atoms in total. The van der Waals surface area contributed by atoms with Crippen molar-refractivity contribution in [2.45, 2.75) is 37.6 Å². The lowest BCUT2D eigenvalue weighted by molar-refractivity contribution is -0.121. The lowest BCUT2D eigenvalue weighted by Gasteiger charge is -2.24. The summed E-state index contributed by atoms with van der Waals surface area (Å²) in [7, 11) is -3.36. The third-order valence-electron chi connectivity index (χ3n) is 5.94. The minimum absolute atomic E-state index is 0.0455. The second-order valence-corrected chi connectivity index (χ2v) is 10.0. The summed E-state index contributed by atoms with van der Waals surface area (Å²) in [5.41, 5.74) is -0.283. The van der Waals surface area contributed by atoms with Crippen molar-refractivity contribution in [3.05, 3.63) is 47.4 Å². The molecule has 1 aliphatic carbocycles. The Morgan fingerprint density at radius 2 is 2.17 bits per heavy atom. The fourth-order valence-electron chi connectivity index (χ4n) is 4.61. The highest BCUT2D eigenvalue weighted by atomic mass is 32.2. The van der Waals surface area contributed by atoms with Gasteiger partial charge in [-0.2, -0.15) is 4.98 Å². The standard InChI is InChI=1S/C19H23FN4O4S/c1-12-21-18(28-23-12)19-9-15(8-14(19)10-24(11-19)29(2,26)27)22-17(25)7-13-5-3-4-6-16(13)20/h3-6,14-15H,7-11H2,1-2H3,(H,22,25)/t14-,15+,19-/m0/s1. The van der Waals surface area contributed by atoms with E-state index in [1.165, 1.54) is 16.6 Å². The van der Waals surface area contributed by atoms with E-state index in [2.05, 4.69) is 15.5 Å². The molecule has 2 aliphatic rings. The number of fused-ring (bicyclic) bond motifs is 1. The van der Waals surface area contributed by atoms with Gasteiger partial charge in [0, 0.05) is 19.1 Å². The largest absolute Gasteiger partial charge is 0.353 e. The lowest BCUT2D eigenvalue weighted by Crippen LogP contribution is -2.39. The van der Waals surface area contributed by atoms with Crippen LogP contribution in [0.2, 0.25) is 0 Å². The predicted molar refractivity (Wildman–Crippen MR) is 102 cm³/mol. The third-order valence-corrected chi connectivity index (χ3v) is 7.16. The third kappa shape index (κ3) is 3.78. The number of sulfonamides is 1. The number of carbonyl (C=O) groups is 1. The number of aromatic nitrogens is 2. The molecule has 0 unspecified atom stereocenters. The van der Waals surface area contributed by atoms with Crippen LogP contribution in [0.25, 0.3) is 0 Å². The summed E-state index contributed by atoms with van der Waals surface area (Å²) in [6.07, 6.45) is 2.23. The van der Waals surface area contributed by atoms with Crippen LogP contribution in [0.15, 0.2) is 28.8 Å². The van der Waals surface area contributed by atoms with Crippen molar-refractivity contribution in [2.75, 3.05) is 19.3 Å². The number of halogens is 1. The van der Waals surface area contributed by atoms with E-state index in [0.717, 1.165) is 0 Å². The van der Waals surface area contributed by atoms with E-state index < -0.39 is 21.3 Å². The number of rotatable bonds is 5. The Morgan fingerprint density at radius 1 is 1.41 bits per heavy atom. The van der Waals surface area contributed by atoms with Gasteiger partial charge in [-0.3, -0.25) is 4.79 Å². The maximum atomic E-state index is 13.8. The maximum Gasteiger partial charge on any atom is 0.234 e. The number of amides is 1. The van der Waals surface area contributed by atoms with Crippen LogP contribution < -0.4 is 5.32 Å². The number of nitrogens with zero attached hydrogens (tertiary/aromatic N) is 3. The molecule has 1 amide bonds. The van der Waals surface area contributed by atoms with Crippen LogP contribution in [0.4, 0.5) is 4.39 Å². The van der Waals surface area contributed by atoms with Crippen LogP contribution >= 0.6 is 0 Å². The number of aryl methyl sites for hydroxylation is 1. The molecule has 1 aliphatic heterocycles. The summed E-state index contributed by atoms with van der Waals surface area (Å²) in [6.45, 7) is 2.31. The molecule has 10 heteroatoms.